The minimum atomic E-state index is -0.0698. The van der Waals surface area contributed by atoms with E-state index in [1.165, 1.54) is 0 Å². The minimum absolute atomic E-state index is 0.00250. The highest BCUT2D eigenvalue weighted by Gasteiger charge is 2.24. The van der Waals surface area contributed by atoms with Crippen LogP contribution in [0, 0.1) is 5.92 Å². The van der Waals surface area contributed by atoms with Gasteiger partial charge in [-0.05, 0) is 43.9 Å². The third-order valence-corrected chi connectivity index (χ3v) is 3.90. The smallest absolute Gasteiger partial charge is 0.251 e. The first-order chi connectivity index (χ1) is 10.2. The lowest BCUT2D eigenvalue weighted by molar-refractivity contribution is -0.122. The summed E-state index contributed by atoms with van der Waals surface area (Å²) < 4.78 is 5.26. The maximum atomic E-state index is 12.2. The van der Waals surface area contributed by atoms with Gasteiger partial charge in [0.15, 0.2) is 0 Å². The lowest BCUT2D eigenvalue weighted by Gasteiger charge is -2.21. The van der Waals surface area contributed by atoms with Gasteiger partial charge in [0.2, 0.25) is 5.91 Å². The normalized spacial score (nSPS) is 19.0. The van der Waals surface area contributed by atoms with E-state index in [1.807, 2.05) is 6.07 Å². The first kappa shape index (κ1) is 14.1. The van der Waals surface area contributed by atoms with E-state index in [4.69, 9.17) is 4.74 Å². The van der Waals surface area contributed by atoms with E-state index in [0.29, 0.717) is 30.5 Å². The molecule has 1 saturated heterocycles. The highest BCUT2D eigenvalue weighted by molar-refractivity contribution is 5.97. The van der Waals surface area contributed by atoms with Gasteiger partial charge in [-0.3, -0.25) is 9.59 Å². The first-order valence-corrected chi connectivity index (χ1v) is 7.52. The second-order valence-corrected chi connectivity index (χ2v) is 5.70. The van der Waals surface area contributed by atoms with Crippen molar-refractivity contribution in [2.45, 2.75) is 31.7 Å². The second kappa shape index (κ2) is 6.26. The lowest BCUT2D eigenvalue weighted by Crippen LogP contribution is -2.29. The van der Waals surface area contributed by atoms with Crippen molar-refractivity contribution >= 4 is 17.5 Å². The van der Waals surface area contributed by atoms with Gasteiger partial charge in [-0.1, -0.05) is 6.07 Å². The molecule has 3 rings (SSSR count). The summed E-state index contributed by atoms with van der Waals surface area (Å²) in [6.45, 7) is 1.28. The molecule has 0 radical (unpaired) electrons. The Morgan fingerprint density at radius 1 is 1.10 bits per heavy atom. The fourth-order valence-corrected chi connectivity index (χ4v) is 2.44. The number of carbonyl (C=O) groups excluding carboxylic acids is 2. The highest BCUT2D eigenvalue weighted by atomic mass is 16.5. The van der Waals surface area contributed by atoms with Crippen molar-refractivity contribution < 1.29 is 14.3 Å². The molecule has 1 aliphatic carbocycles. The van der Waals surface area contributed by atoms with E-state index in [1.54, 1.807) is 18.2 Å². The highest BCUT2D eigenvalue weighted by Crippen LogP contribution is 2.21. The van der Waals surface area contributed by atoms with Crippen LogP contribution in [0.5, 0.6) is 0 Å². The Bertz CT molecular complexity index is 534. The Balaban J connectivity index is 1.61. The molecule has 1 aromatic carbocycles. The molecule has 2 N–H and O–H groups in total. The summed E-state index contributed by atoms with van der Waals surface area (Å²) in [7, 11) is 0. The number of nitrogens with one attached hydrogen (secondary N) is 2. The van der Waals surface area contributed by atoms with Crippen LogP contribution in [0.3, 0.4) is 0 Å². The van der Waals surface area contributed by atoms with Crippen molar-refractivity contribution in [1.29, 1.82) is 0 Å². The molecule has 21 heavy (non-hydrogen) atoms. The second-order valence-electron chi connectivity index (χ2n) is 5.70. The van der Waals surface area contributed by atoms with Gasteiger partial charge in [0, 0.05) is 36.4 Å². The van der Waals surface area contributed by atoms with E-state index >= 15 is 0 Å². The molecule has 0 unspecified atom stereocenters. The largest absolute Gasteiger partial charge is 0.381 e. The minimum Gasteiger partial charge on any atom is -0.381 e. The summed E-state index contributed by atoms with van der Waals surface area (Å²) >= 11 is 0. The molecule has 0 atom stereocenters. The molecule has 0 aromatic heterocycles. The predicted molar refractivity (Wildman–Crippen MR) is 79.1 cm³/mol. The number of benzene rings is 1. The Labute approximate surface area is 124 Å². The molecule has 1 saturated carbocycles. The van der Waals surface area contributed by atoms with E-state index < -0.39 is 0 Å². The lowest BCUT2D eigenvalue weighted by atomic mass is 9.99. The van der Waals surface area contributed by atoms with Crippen molar-refractivity contribution in [3.05, 3.63) is 29.8 Å². The SMILES string of the molecule is O=C(NC1CC1)c1cccc(NC(=O)C2CCOCC2)c1. The molecule has 5 heteroatoms. The van der Waals surface area contributed by atoms with Crippen LogP contribution in [-0.2, 0) is 9.53 Å². The Kier molecular flexibility index (Phi) is 4.20. The molecular weight excluding hydrogens is 268 g/mol. The quantitative estimate of drug-likeness (QED) is 0.889. The van der Waals surface area contributed by atoms with Crippen molar-refractivity contribution in [3.63, 3.8) is 0 Å². The van der Waals surface area contributed by atoms with Crippen LogP contribution in [0.1, 0.15) is 36.0 Å². The van der Waals surface area contributed by atoms with Crippen molar-refractivity contribution in [3.8, 4) is 0 Å². The summed E-state index contributed by atoms with van der Waals surface area (Å²) in [4.78, 5) is 24.2. The molecule has 2 fully saturated rings. The zero-order valence-electron chi connectivity index (χ0n) is 11.9. The summed E-state index contributed by atoms with van der Waals surface area (Å²) in [5, 5.41) is 5.85. The average molecular weight is 288 g/mol. The monoisotopic (exact) mass is 288 g/mol. The number of hydrogen-bond acceptors (Lipinski definition) is 3. The number of hydrogen-bond donors (Lipinski definition) is 2. The van der Waals surface area contributed by atoms with Gasteiger partial charge >= 0.3 is 0 Å². The van der Waals surface area contributed by atoms with Gasteiger partial charge in [-0.15, -0.1) is 0 Å². The van der Waals surface area contributed by atoms with Crippen molar-refractivity contribution in [2.75, 3.05) is 18.5 Å². The predicted octanol–water partition coefficient (Wildman–Crippen LogP) is 1.94. The van der Waals surface area contributed by atoms with E-state index in [9.17, 15) is 9.59 Å². The number of rotatable bonds is 4. The van der Waals surface area contributed by atoms with E-state index in [-0.39, 0.29) is 17.7 Å². The Morgan fingerprint density at radius 3 is 2.57 bits per heavy atom. The van der Waals surface area contributed by atoms with Gasteiger partial charge in [0.1, 0.15) is 0 Å². The fourth-order valence-electron chi connectivity index (χ4n) is 2.44. The molecule has 2 aliphatic rings. The van der Waals surface area contributed by atoms with Gasteiger partial charge in [-0.2, -0.15) is 0 Å². The third-order valence-electron chi connectivity index (χ3n) is 3.90. The molecule has 0 spiro atoms. The van der Waals surface area contributed by atoms with Crippen LogP contribution in [0.2, 0.25) is 0 Å². The zero-order chi connectivity index (χ0) is 14.7. The number of carbonyl (C=O) groups is 2. The van der Waals surface area contributed by atoms with Crippen LogP contribution < -0.4 is 10.6 Å². The third kappa shape index (κ3) is 3.82. The molecule has 0 bridgehead atoms. The summed E-state index contributed by atoms with van der Waals surface area (Å²) in [5.74, 6) is -0.0552. The molecule has 1 aromatic rings. The van der Waals surface area contributed by atoms with Gasteiger partial charge in [-0.25, -0.2) is 0 Å². The van der Waals surface area contributed by atoms with Crippen LogP contribution in [-0.4, -0.2) is 31.1 Å². The van der Waals surface area contributed by atoms with Crippen LogP contribution >= 0.6 is 0 Å². The maximum absolute atomic E-state index is 12.2. The molecule has 112 valence electrons. The van der Waals surface area contributed by atoms with Crippen molar-refractivity contribution in [1.82, 2.24) is 5.32 Å². The summed E-state index contributed by atoms with van der Waals surface area (Å²) in [6.07, 6.45) is 3.64. The van der Waals surface area contributed by atoms with E-state index in [0.717, 1.165) is 25.7 Å². The van der Waals surface area contributed by atoms with Gasteiger partial charge in [0.05, 0.1) is 0 Å². The number of amides is 2. The number of ether oxygens (including phenoxy) is 1. The fraction of sp³-hybridized carbons (Fsp3) is 0.500. The van der Waals surface area contributed by atoms with Crippen LogP contribution in [0.15, 0.2) is 24.3 Å². The average Bonchev–Trinajstić information content (AvgIpc) is 3.32. The van der Waals surface area contributed by atoms with Crippen LogP contribution in [0.4, 0.5) is 5.69 Å². The van der Waals surface area contributed by atoms with Gasteiger partial charge < -0.3 is 15.4 Å². The van der Waals surface area contributed by atoms with E-state index in [2.05, 4.69) is 10.6 Å². The topological polar surface area (TPSA) is 67.4 Å². The molecule has 2 amide bonds. The molecule has 1 heterocycles. The maximum Gasteiger partial charge on any atom is 0.251 e. The summed E-state index contributed by atoms with van der Waals surface area (Å²) in [6, 6.07) is 7.43. The summed E-state index contributed by atoms with van der Waals surface area (Å²) in [5.41, 5.74) is 1.27. The Hall–Kier alpha value is -1.88. The molecular formula is C16H20N2O3. The Morgan fingerprint density at radius 2 is 1.86 bits per heavy atom. The first-order valence-electron chi connectivity index (χ1n) is 7.52. The molecule has 1 aliphatic heterocycles. The zero-order valence-corrected chi connectivity index (χ0v) is 11.9. The van der Waals surface area contributed by atoms with Gasteiger partial charge in [0.25, 0.3) is 5.91 Å². The standard InChI is InChI=1S/C16H20N2O3/c19-15(11-6-8-21-9-7-11)18-14-3-1-2-12(10-14)16(20)17-13-4-5-13/h1-3,10-11,13H,4-9H2,(H,17,20)(H,18,19). The van der Waals surface area contributed by atoms with Crippen LogP contribution in [0.25, 0.3) is 0 Å². The number of anilines is 1. The molecule has 5 nitrogen and oxygen atoms in total. The van der Waals surface area contributed by atoms with Crippen molar-refractivity contribution in [2.24, 2.45) is 5.92 Å².